The van der Waals surface area contributed by atoms with Crippen molar-refractivity contribution in [2.24, 2.45) is 0 Å². The van der Waals surface area contributed by atoms with Crippen LogP contribution in [0.3, 0.4) is 0 Å². The third-order valence-corrected chi connectivity index (χ3v) is 4.03. The Labute approximate surface area is 145 Å². The summed E-state index contributed by atoms with van der Waals surface area (Å²) in [7, 11) is 0. The Morgan fingerprint density at radius 3 is 2.56 bits per heavy atom. The molecule has 3 rings (SSSR count). The number of carbonyl (C=O) groups excluding carboxylic acids is 1. The van der Waals surface area contributed by atoms with E-state index >= 15 is 0 Å². The van der Waals surface area contributed by atoms with Crippen LogP contribution >= 0.6 is 11.8 Å². The molecule has 0 unspecified atom stereocenters. The number of hydrogen-bond acceptors (Lipinski definition) is 7. The number of rotatable bonds is 4. The molecular weight excluding hydrogens is 344 g/mol. The molecule has 0 saturated carbocycles. The number of aryl methyl sites for hydroxylation is 1. The van der Waals surface area contributed by atoms with Gasteiger partial charge in [-0.25, -0.2) is 0 Å². The quantitative estimate of drug-likeness (QED) is 0.410. The van der Waals surface area contributed by atoms with Crippen LogP contribution in [0.4, 0.5) is 5.69 Å². The van der Waals surface area contributed by atoms with Crippen LogP contribution in [-0.2, 0) is 0 Å². The third-order valence-electron chi connectivity index (χ3n) is 3.45. The first-order valence-corrected chi connectivity index (χ1v) is 8.38. The summed E-state index contributed by atoms with van der Waals surface area (Å²) >= 11 is 1.15. The monoisotopic (exact) mass is 358 g/mol. The number of carbonyl (C=O) groups is 1. The number of nitrogens with zero attached hydrogens (tertiary/aromatic N) is 3. The van der Waals surface area contributed by atoms with Crippen LogP contribution in [0.2, 0.25) is 0 Å². The molecule has 25 heavy (non-hydrogen) atoms. The Kier molecular flexibility index (Phi) is 4.52. The third kappa shape index (κ3) is 3.38. The van der Waals surface area contributed by atoms with Crippen molar-refractivity contribution in [3.8, 4) is 17.1 Å². The SMILES string of the molecule is CSc1nc(O)c(C(=O)Nc2ccc(-c3[nH]nnc3C)cc2)c(=O)[nH]1. The molecule has 1 aromatic carbocycles. The van der Waals surface area contributed by atoms with Crippen molar-refractivity contribution in [2.75, 3.05) is 11.6 Å². The first-order chi connectivity index (χ1) is 12.0. The number of anilines is 1. The zero-order valence-electron chi connectivity index (χ0n) is 13.3. The Hall–Kier alpha value is -3.14. The van der Waals surface area contributed by atoms with Crippen LogP contribution in [0.5, 0.6) is 5.88 Å². The van der Waals surface area contributed by atoms with E-state index in [4.69, 9.17) is 0 Å². The fourth-order valence-electron chi connectivity index (χ4n) is 2.21. The molecule has 0 fully saturated rings. The van der Waals surface area contributed by atoms with Crippen molar-refractivity contribution >= 4 is 23.4 Å². The summed E-state index contributed by atoms with van der Waals surface area (Å²) in [5.41, 5.74) is 1.72. The van der Waals surface area contributed by atoms with Gasteiger partial charge in [0.15, 0.2) is 10.7 Å². The summed E-state index contributed by atoms with van der Waals surface area (Å²) in [4.78, 5) is 30.4. The van der Waals surface area contributed by atoms with Crippen LogP contribution in [0, 0.1) is 6.92 Å². The highest BCUT2D eigenvalue weighted by atomic mass is 32.2. The number of aromatic hydroxyl groups is 1. The van der Waals surface area contributed by atoms with Gasteiger partial charge in [-0.3, -0.25) is 14.7 Å². The largest absolute Gasteiger partial charge is 0.493 e. The molecule has 0 aliphatic carbocycles. The van der Waals surface area contributed by atoms with E-state index in [2.05, 4.69) is 30.7 Å². The van der Waals surface area contributed by atoms with E-state index in [1.807, 2.05) is 6.92 Å². The van der Waals surface area contributed by atoms with Crippen LogP contribution in [0.1, 0.15) is 16.1 Å². The molecule has 9 nitrogen and oxygen atoms in total. The van der Waals surface area contributed by atoms with Crippen LogP contribution in [0.25, 0.3) is 11.3 Å². The van der Waals surface area contributed by atoms with Gasteiger partial charge in [-0.15, -0.1) is 5.10 Å². The van der Waals surface area contributed by atoms with Crippen molar-refractivity contribution in [2.45, 2.75) is 12.1 Å². The maximum atomic E-state index is 12.3. The van der Waals surface area contributed by atoms with Crippen LogP contribution in [0.15, 0.2) is 34.2 Å². The molecule has 0 saturated heterocycles. The fourth-order valence-corrected chi connectivity index (χ4v) is 2.58. The van der Waals surface area contributed by atoms with Gasteiger partial charge in [-0.2, -0.15) is 4.98 Å². The van der Waals surface area contributed by atoms with E-state index in [1.165, 1.54) is 0 Å². The summed E-state index contributed by atoms with van der Waals surface area (Å²) in [6, 6.07) is 6.89. The molecular formula is C15H14N6O3S. The highest BCUT2D eigenvalue weighted by Gasteiger charge is 2.19. The first-order valence-electron chi connectivity index (χ1n) is 7.16. The molecule has 10 heteroatoms. The number of benzene rings is 1. The minimum Gasteiger partial charge on any atom is -0.493 e. The standard InChI is InChI=1S/C15H14N6O3S/c1-7-11(20-21-19-7)8-3-5-9(6-4-8)16-12(22)10-13(23)17-15(25-2)18-14(10)24/h3-6H,1-2H3,(H,16,22)(H,19,20,21)(H2,17,18,23,24). The summed E-state index contributed by atoms with van der Waals surface area (Å²) < 4.78 is 0. The van der Waals surface area contributed by atoms with E-state index in [-0.39, 0.29) is 5.16 Å². The molecule has 1 amide bonds. The van der Waals surface area contributed by atoms with E-state index in [1.54, 1.807) is 30.5 Å². The zero-order valence-corrected chi connectivity index (χ0v) is 14.1. The summed E-state index contributed by atoms with van der Waals surface area (Å²) in [6.45, 7) is 1.83. The molecule has 3 aromatic rings. The molecule has 0 atom stereocenters. The molecule has 0 bridgehead atoms. The molecule has 0 aliphatic heterocycles. The van der Waals surface area contributed by atoms with Crippen LogP contribution in [-0.4, -0.2) is 42.6 Å². The molecule has 0 radical (unpaired) electrons. The Morgan fingerprint density at radius 2 is 2.00 bits per heavy atom. The van der Waals surface area contributed by atoms with Gasteiger partial charge in [0.2, 0.25) is 5.88 Å². The minimum absolute atomic E-state index is 0.229. The summed E-state index contributed by atoms with van der Waals surface area (Å²) in [5, 5.41) is 23.0. The predicted octanol–water partition coefficient (Wildman–Crippen LogP) is 1.54. The van der Waals surface area contributed by atoms with Crippen molar-refractivity contribution in [1.29, 1.82) is 0 Å². The number of amides is 1. The molecule has 128 valence electrons. The number of thioether (sulfide) groups is 1. The molecule has 0 spiro atoms. The smallest absolute Gasteiger partial charge is 0.268 e. The number of nitrogens with one attached hydrogen (secondary N) is 3. The van der Waals surface area contributed by atoms with Gasteiger partial charge in [0.1, 0.15) is 0 Å². The maximum absolute atomic E-state index is 12.3. The number of aromatic nitrogens is 5. The van der Waals surface area contributed by atoms with Gasteiger partial charge in [0.25, 0.3) is 11.5 Å². The molecule has 2 aromatic heterocycles. The van der Waals surface area contributed by atoms with Gasteiger partial charge in [0, 0.05) is 11.3 Å². The average molecular weight is 358 g/mol. The maximum Gasteiger partial charge on any atom is 0.268 e. The van der Waals surface area contributed by atoms with E-state index in [0.717, 1.165) is 28.7 Å². The van der Waals surface area contributed by atoms with Gasteiger partial charge in [-0.1, -0.05) is 29.1 Å². The summed E-state index contributed by atoms with van der Waals surface area (Å²) in [6.07, 6.45) is 1.69. The highest BCUT2D eigenvalue weighted by molar-refractivity contribution is 7.98. The van der Waals surface area contributed by atoms with Crippen molar-refractivity contribution in [3.05, 3.63) is 45.9 Å². The first kappa shape index (κ1) is 16.7. The predicted molar refractivity (Wildman–Crippen MR) is 92.8 cm³/mol. The molecule has 0 aliphatic rings. The second kappa shape index (κ2) is 6.77. The number of aromatic amines is 2. The lowest BCUT2D eigenvalue weighted by molar-refractivity contribution is 0.102. The Balaban J connectivity index is 1.82. The van der Waals surface area contributed by atoms with E-state index in [9.17, 15) is 14.7 Å². The normalized spacial score (nSPS) is 10.6. The number of H-pyrrole nitrogens is 2. The van der Waals surface area contributed by atoms with Gasteiger partial charge >= 0.3 is 0 Å². The lowest BCUT2D eigenvalue weighted by Gasteiger charge is -2.07. The van der Waals surface area contributed by atoms with E-state index in [0.29, 0.717) is 5.69 Å². The van der Waals surface area contributed by atoms with Crippen molar-refractivity contribution < 1.29 is 9.90 Å². The van der Waals surface area contributed by atoms with Crippen molar-refractivity contribution in [3.63, 3.8) is 0 Å². The van der Waals surface area contributed by atoms with Gasteiger partial charge in [0.05, 0.1) is 11.4 Å². The average Bonchev–Trinajstić information content (AvgIpc) is 3.01. The lowest BCUT2D eigenvalue weighted by atomic mass is 10.1. The zero-order chi connectivity index (χ0) is 18.0. The second-order valence-electron chi connectivity index (χ2n) is 5.08. The molecule has 2 heterocycles. The highest BCUT2D eigenvalue weighted by Crippen LogP contribution is 2.22. The number of hydrogen-bond donors (Lipinski definition) is 4. The minimum atomic E-state index is -0.744. The summed E-state index contributed by atoms with van der Waals surface area (Å²) in [5.74, 6) is -1.35. The lowest BCUT2D eigenvalue weighted by Crippen LogP contribution is -2.24. The Bertz CT molecular complexity index is 980. The van der Waals surface area contributed by atoms with Crippen molar-refractivity contribution in [1.82, 2.24) is 25.4 Å². The Morgan fingerprint density at radius 1 is 1.28 bits per heavy atom. The topological polar surface area (TPSA) is 137 Å². The molecule has 4 N–H and O–H groups in total. The second-order valence-corrected chi connectivity index (χ2v) is 5.87. The van der Waals surface area contributed by atoms with E-state index < -0.39 is 22.9 Å². The van der Waals surface area contributed by atoms with Crippen LogP contribution < -0.4 is 10.9 Å². The van der Waals surface area contributed by atoms with Gasteiger partial charge in [-0.05, 0) is 25.3 Å². The fraction of sp³-hybridized carbons (Fsp3) is 0.133. The van der Waals surface area contributed by atoms with Gasteiger partial charge < -0.3 is 15.4 Å².